The van der Waals surface area contributed by atoms with E-state index in [1.807, 2.05) is 49.1 Å². The van der Waals surface area contributed by atoms with Gasteiger partial charge in [0.15, 0.2) is 5.65 Å². The first-order valence-electron chi connectivity index (χ1n) is 10.6. The first kappa shape index (κ1) is 18.9. The maximum absolute atomic E-state index is 12.8. The molecule has 1 saturated heterocycles. The molecule has 7 heteroatoms. The molecule has 156 valence electrons. The highest BCUT2D eigenvalue weighted by atomic mass is 16.6. The van der Waals surface area contributed by atoms with Gasteiger partial charge in [0, 0.05) is 18.3 Å². The number of amides is 1. The Balaban J connectivity index is 1.40. The molecule has 0 spiro atoms. The smallest absolute Gasteiger partial charge is 0.411 e. The van der Waals surface area contributed by atoms with Crippen molar-refractivity contribution in [3.8, 4) is 0 Å². The highest BCUT2D eigenvalue weighted by Crippen LogP contribution is 2.45. The molecule has 3 heterocycles. The zero-order valence-electron chi connectivity index (χ0n) is 17.2. The third-order valence-corrected chi connectivity index (χ3v) is 6.51. The van der Waals surface area contributed by atoms with Gasteiger partial charge in [-0.1, -0.05) is 30.3 Å². The van der Waals surface area contributed by atoms with Crippen molar-refractivity contribution in [1.29, 1.82) is 0 Å². The molecule has 0 bridgehead atoms. The zero-order chi connectivity index (χ0) is 20.9. The lowest BCUT2D eigenvalue weighted by atomic mass is 9.86. The molecule has 5 rings (SSSR count). The van der Waals surface area contributed by atoms with Crippen molar-refractivity contribution < 1.29 is 9.53 Å². The summed E-state index contributed by atoms with van der Waals surface area (Å²) in [6, 6.07) is 13.9. The Kier molecular flexibility index (Phi) is 4.41. The van der Waals surface area contributed by atoms with Crippen molar-refractivity contribution in [2.45, 2.75) is 63.3 Å². The number of aromatic amines is 1. The number of nitrogens with zero attached hydrogens (tertiary/aromatic N) is 3. The van der Waals surface area contributed by atoms with Gasteiger partial charge >= 0.3 is 11.8 Å². The number of benzene rings is 1. The van der Waals surface area contributed by atoms with E-state index in [1.165, 1.54) is 0 Å². The summed E-state index contributed by atoms with van der Waals surface area (Å²) in [5.74, 6) is 0. The molecule has 2 fully saturated rings. The van der Waals surface area contributed by atoms with Crippen LogP contribution in [-0.2, 0) is 4.74 Å². The van der Waals surface area contributed by atoms with Crippen LogP contribution < -0.4 is 5.69 Å². The third kappa shape index (κ3) is 3.00. The average molecular weight is 406 g/mol. The molecule has 7 nitrogen and oxygen atoms in total. The van der Waals surface area contributed by atoms with Gasteiger partial charge in [-0.3, -0.25) is 9.47 Å². The molecule has 0 radical (unpaired) electrons. The average Bonchev–Trinajstić information content (AvgIpc) is 3.20. The van der Waals surface area contributed by atoms with Crippen LogP contribution in [0.4, 0.5) is 4.79 Å². The molecule has 2 aliphatic rings. The van der Waals surface area contributed by atoms with Crippen LogP contribution in [0.1, 0.15) is 57.2 Å². The molecule has 1 atom stereocenters. The minimum atomic E-state index is -0.590. The number of aromatic nitrogens is 3. The number of carbonyl (C=O) groups excluding carboxylic acids is 1. The number of cyclic esters (lactones) is 1. The van der Waals surface area contributed by atoms with E-state index in [2.05, 4.69) is 22.1 Å². The summed E-state index contributed by atoms with van der Waals surface area (Å²) in [5.41, 5.74) is 1.85. The van der Waals surface area contributed by atoms with Gasteiger partial charge in [-0.15, -0.1) is 0 Å². The lowest BCUT2D eigenvalue weighted by Gasteiger charge is -2.38. The third-order valence-electron chi connectivity index (χ3n) is 6.51. The molecule has 1 aromatic carbocycles. The van der Waals surface area contributed by atoms with Gasteiger partial charge in [0.2, 0.25) is 0 Å². The fraction of sp³-hybridized carbons (Fsp3) is 0.435. The summed E-state index contributed by atoms with van der Waals surface area (Å²) in [5, 5.41) is 0. The minimum absolute atomic E-state index is 0.0826. The van der Waals surface area contributed by atoms with E-state index in [4.69, 9.17) is 4.74 Å². The second kappa shape index (κ2) is 7.00. The van der Waals surface area contributed by atoms with Crippen molar-refractivity contribution in [2.24, 2.45) is 0 Å². The number of hydrogen-bond acceptors (Lipinski definition) is 4. The second-order valence-corrected chi connectivity index (χ2v) is 8.83. The van der Waals surface area contributed by atoms with Crippen molar-refractivity contribution in [2.75, 3.05) is 0 Å². The molecule has 1 amide bonds. The Morgan fingerprint density at radius 1 is 1.00 bits per heavy atom. The predicted molar refractivity (Wildman–Crippen MR) is 113 cm³/mol. The van der Waals surface area contributed by atoms with Crippen LogP contribution in [-0.4, -0.2) is 37.2 Å². The van der Waals surface area contributed by atoms with Crippen LogP contribution in [0.3, 0.4) is 0 Å². The highest BCUT2D eigenvalue weighted by molar-refractivity contribution is 5.72. The molecule has 1 aliphatic heterocycles. The maximum Gasteiger partial charge on any atom is 0.411 e. The largest absolute Gasteiger partial charge is 0.441 e. The monoisotopic (exact) mass is 406 g/mol. The maximum atomic E-state index is 12.8. The summed E-state index contributed by atoms with van der Waals surface area (Å²) in [6.07, 6.45) is 4.75. The van der Waals surface area contributed by atoms with E-state index in [1.54, 1.807) is 10.8 Å². The highest BCUT2D eigenvalue weighted by Gasteiger charge is 2.51. The number of hydrogen-bond donors (Lipinski definition) is 1. The molecule has 1 saturated carbocycles. The first-order chi connectivity index (χ1) is 14.5. The molecule has 1 unspecified atom stereocenters. The molecular weight excluding hydrogens is 380 g/mol. The van der Waals surface area contributed by atoms with Crippen molar-refractivity contribution in [3.63, 3.8) is 0 Å². The number of nitrogens with one attached hydrogen (secondary N) is 1. The van der Waals surface area contributed by atoms with E-state index < -0.39 is 5.60 Å². The normalized spacial score (nSPS) is 26.1. The van der Waals surface area contributed by atoms with E-state index in [0.717, 1.165) is 36.8 Å². The lowest BCUT2D eigenvalue weighted by molar-refractivity contribution is 0.0662. The van der Waals surface area contributed by atoms with Gasteiger partial charge < -0.3 is 9.72 Å². The standard InChI is InChI=1S/C23H26N4O3/c1-23(2)19(15-7-4-3-5-8-15)26(22(29)30-23)16-10-12-17(13-11-16)27-20-18(25-21(27)28)9-6-14-24-20/h3-9,14,16-17,19H,10-13H2,1-2H3,(H,25,28)/t16-,17-,19?. The van der Waals surface area contributed by atoms with Crippen molar-refractivity contribution in [1.82, 2.24) is 19.4 Å². The molecule has 1 N–H and O–H groups in total. The van der Waals surface area contributed by atoms with E-state index in [0.29, 0.717) is 5.65 Å². The summed E-state index contributed by atoms with van der Waals surface area (Å²) >= 11 is 0. The zero-order valence-corrected chi connectivity index (χ0v) is 17.2. The number of fused-ring (bicyclic) bond motifs is 1. The minimum Gasteiger partial charge on any atom is -0.441 e. The van der Waals surface area contributed by atoms with E-state index >= 15 is 0 Å². The number of pyridine rings is 1. The summed E-state index contributed by atoms with van der Waals surface area (Å²) < 4.78 is 7.56. The van der Waals surface area contributed by atoms with Crippen LogP contribution in [0.15, 0.2) is 53.5 Å². The number of carbonyl (C=O) groups is 1. The molecule has 30 heavy (non-hydrogen) atoms. The second-order valence-electron chi connectivity index (χ2n) is 8.83. The number of ether oxygens (including phenoxy) is 1. The van der Waals surface area contributed by atoms with Gasteiger partial charge in [0.05, 0.1) is 11.6 Å². The number of H-pyrrole nitrogens is 1. The van der Waals surface area contributed by atoms with Gasteiger partial charge in [-0.05, 0) is 57.2 Å². The fourth-order valence-corrected chi connectivity index (χ4v) is 5.22. The van der Waals surface area contributed by atoms with Crippen LogP contribution in [0.2, 0.25) is 0 Å². The van der Waals surface area contributed by atoms with Gasteiger partial charge in [0.25, 0.3) is 0 Å². The van der Waals surface area contributed by atoms with Crippen LogP contribution in [0.25, 0.3) is 11.2 Å². The fourth-order valence-electron chi connectivity index (χ4n) is 5.22. The van der Waals surface area contributed by atoms with Crippen molar-refractivity contribution in [3.05, 3.63) is 64.7 Å². The molecular formula is C23H26N4O3. The predicted octanol–water partition coefficient (Wildman–Crippen LogP) is 4.18. The van der Waals surface area contributed by atoms with E-state index in [-0.39, 0.29) is 29.9 Å². The Morgan fingerprint density at radius 3 is 2.43 bits per heavy atom. The van der Waals surface area contributed by atoms with E-state index in [9.17, 15) is 9.59 Å². The van der Waals surface area contributed by atoms with Crippen molar-refractivity contribution >= 4 is 17.3 Å². The number of imidazole rings is 1. The molecule has 3 aromatic rings. The summed E-state index contributed by atoms with van der Waals surface area (Å²) in [7, 11) is 0. The number of rotatable bonds is 3. The lowest BCUT2D eigenvalue weighted by Crippen LogP contribution is -2.43. The Hall–Kier alpha value is -3.09. The quantitative estimate of drug-likeness (QED) is 0.708. The Morgan fingerprint density at radius 2 is 1.70 bits per heavy atom. The topological polar surface area (TPSA) is 80.2 Å². The Bertz CT molecular complexity index is 1130. The van der Waals surface area contributed by atoms with Gasteiger partial charge in [-0.25, -0.2) is 14.6 Å². The Labute approximate surface area is 174 Å². The first-order valence-corrected chi connectivity index (χ1v) is 10.6. The summed E-state index contributed by atoms with van der Waals surface area (Å²) in [6.45, 7) is 3.96. The van der Waals surface area contributed by atoms with Crippen LogP contribution in [0.5, 0.6) is 0 Å². The summed E-state index contributed by atoms with van der Waals surface area (Å²) in [4.78, 5) is 34.6. The SMILES string of the molecule is CC1(C)OC(=O)N([C@H]2CC[C@H](n3c(=O)[nH]c4cccnc43)CC2)C1c1ccccc1. The van der Waals surface area contributed by atoms with Gasteiger partial charge in [0.1, 0.15) is 5.60 Å². The van der Waals surface area contributed by atoms with Crippen LogP contribution in [0, 0.1) is 0 Å². The molecule has 2 aromatic heterocycles. The van der Waals surface area contributed by atoms with Crippen LogP contribution >= 0.6 is 0 Å². The van der Waals surface area contributed by atoms with Gasteiger partial charge in [-0.2, -0.15) is 0 Å². The molecule has 1 aliphatic carbocycles.